The number of nitro groups is 1. The molecule has 0 spiro atoms. The van der Waals surface area contributed by atoms with Crippen LogP contribution in [0.4, 0.5) is 5.69 Å². The summed E-state index contributed by atoms with van der Waals surface area (Å²) in [6, 6.07) is 18.6. The minimum Gasteiger partial charge on any atom is -0.267 e. The first-order valence-electron chi connectivity index (χ1n) is 11.4. The van der Waals surface area contributed by atoms with Crippen molar-refractivity contribution in [1.82, 2.24) is 5.01 Å². The third-order valence-corrected chi connectivity index (χ3v) is 7.35. The van der Waals surface area contributed by atoms with Crippen LogP contribution < -0.4 is 0 Å². The Morgan fingerprint density at radius 1 is 1.00 bits per heavy atom. The lowest BCUT2D eigenvalue weighted by molar-refractivity contribution is -0.384. The molecule has 2 atom stereocenters. The van der Waals surface area contributed by atoms with Gasteiger partial charge in [0, 0.05) is 27.6 Å². The molecule has 3 aromatic rings. The van der Waals surface area contributed by atoms with Crippen LogP contribution in [0.2, 0.25) is 15.1 Å². The van der Waals surface area contributed by atoms with E-state index in [0.29, 0.717) is 10.0 Å². The summed E-state index contributed by atoms with van der Waals surface area (Å²) in [5.74, 6) is -0.452. The Hall–Kier alpha value is -3.19. The van der Waals surface area contributed by atoms with Crippen LogP contribution in [0.25, 0.3) is 6.08 Å². The summed E-state index contributed by atoms with van der Waals surface area (Å²) in [4.78, 5) is 24.5. The first-order valence-corrected chi connectivity index (χ1v) is 12.5. The number of rotatable bonds is 4. The number of fused-ring (bicyclic) bond motifs is 1. The zero-order valence-electron chi connectivity index (χ0n) is 18.9. The molecule has 1 saturated carbocycles. The monoisotopic (exact) mass is 539 g/mol. The number of hydrogen-bond acceptors (Lipinski definition) is 4. The largest absolute Gasteiger partial charge is 0.288 e. The lowest BCUT2D eigenvalue weighted by Crippen LogP contribution is -2.32. The lowest BCUT2D eigenvalue weighted by atomic mass is 9.77. The van der Waals surface area contributed by atoms with Crippen molar-refractivity contribution in [2.45, 2.75) is 25.3 Å². The van der Waals surface area contributed by atoms with Crippen LogP contribution in [-0.2, 0) is 0 Å². The number of halogens is 3. The number of nitro benzene ring substituents is 1. The van der Waals surface area contributed by atoms with Gasteiger partial charge in [0.1, 0.15) is 5.02 Å². The molecule has 1 fully saturated rings. The van der Waals surface area contributed by atoms with E-state index in [4.69, 9.17) is 39.9 Å². The van der Waals surface area contributed by atoms with Crippen LogP contribution in [0.3, 0.4) is 0 Å². The average molecular weight is 541 g/mol. The number of hydrogen-bond donors (Lipinski definition) is 0. The van der Waals surface area contributed by atoms with Gasteiger partial charge in [0.05, 0.1) is 16.7 Å². The molecular formula is C27H20Cl3N3O3. The lowest BCUT2D eigenvalue weighted by Gasteiger charge is -2.29. The molecule has 1 heterocycles. The van der Waals surface area contributed by atoms with Crippen molar-refractivity contribution in [3.05, 3.63) is 114 Å². The predicted molar refractivity (Wildman–Crippen MR) is 143 cm³/mol. The van der Waals surface area contributed by atoms with Crippen molar-refractivity contribution >= 4 is 58.2 Å². The van der Waals surface area contributed by atoms with E-state index in [2.05, 4.69) is 6.08 Å². The second kappa shape index (κ2) is 10.1. The highest BCUT2D eigenvalue weighted by atomic mass is 35.5. The van der Waals surface area contributed by atoms with Gasteiger partial charge in [-0.2, -0.15) is 5.10 Å². The van der Waals surface area contributed by atoms with Crippen LogP contribution in [0.1, 0.15) is 46.8 Å². The van der Waals surface area contributed by atoms with Gasteiger partial charge in [-0.3, -0.25) is 14.9 Å². The van der Waals surface area contributed by atoms with Crippen LogP contribution in [-0.4, -0.2) is 21.6 Å². The highest BCUT2D eigenvalue weighted by Crippen LogP contribution is 2.45. The summed E-state index contributed by atoms with van der Waals surface area (Å²) in [7, 11) is 0. The Kier molecular flexibility index (Phi) is 6.84. The quantitative estimate of drug-likeness (QED) is 0.248. The summed E-state index contributed by atoms with van der Waals surface area (Å²) in [5.41, 5.74) is 3.64. The standard InChI is InChI=1S/C27H20Cl3N3O3/c28-20-9-4-16(5-10-20)14-18-2-1-3-22-25(18)31-32(26(22)17-6-11-21(29)12-7-17)27(34)19-8-13-23(30)24(15-19)33(35)36/h4-15,22,26H,1-3H2/b18-14-/t22-,26+/m0/s1. The number of benzene rings is 3. The molecule has 9 heteroatoms. The first-order chi connectivity index (χ1) is 17.3. The summed E-state index contributed by atoms with van der Waals surface area (Å²) in [6.07, 6.45) is 4.72. The third-order valence-electron chi connectivity index (χ3n) is 6.52. The van der Waals surface area contributed by atoms with Crippen molar-refractivity contribution in [1.29, 1.82) is 0 Å². The van der Waals surface area contributed by atoms with Crippen molar-refractivity contribution in [2.24, 2.45) is 11.0 Å². The molecule has 6 nitrogen and oxygen atoms in total. The van der Waals surface area contributed by atoms with E-state index in [-0.39, 0.29) is 28.2 Å². The maximum atomic E-state index is 13.7. The van der Waals surface area contributed by atoms with Gasteiger partial charge < -0.3 is 0 Å². The molecular weight excluding hydrogens is 521 g/mol. The number of amides is 1. The van der Waals surface area contributed by atoms with E-state index in [1.165, 1.54) is 23.2 Å². The number of carbonyl (C=O) groups is 1. The Morgan fingerprint density at radius 2 is 1.67 bits per heavy atom. The normalized spacial score (nSPS) is 20.2. The predicted octanol–water partition coefficient (Wildman–Crippen LogP) is 7.99. The van der Waals surface area contributed by atoms with Gasteiger partial charge in [-0.05, 0) is 78.4 Å². The molecule has 0 radical (unpaired) electrons. The maximum Gasteiger partial charge on any atom is 0.288 e. The maximum absolute atomic E-state index is 13.7. The average Bonchev–Trinajstić information content (AvgIpc) is 3.26. The number of allylic oxidation sites excluding steroid dienone is 1. The molecule has 0 bridgehead atoms. The molecule has 1 aliphatic carbocycles. The zero-order valence-corrected chi connectivity index (χ0v) is 21.2. The molecule has 36 heavy (non-hydrogen) atoms. The molecule has 2 aliphatic rings. The third kappa shape index (κ3) is 4.76. The molecule has 3 aromatic carbocycles. The molecule has 0 unspecified atom stereocenters. The Balaban J connectivity index is 1.59. The van der Waals surface area contributed by atoms with Gasteiger partial charge in [-0.15, -0.1) is 0 Å². The summed E-state index contributed by atoms with van der Waals surface area (Å²) < 4.78 is 0. The molecule has 5 rings (SSSR count). The Morgan fingerprint density at radius 3 is 2.33 bits per heavy atom. The summed E-state index contributed by atoms with van der Waals surface area (Å²) in [6.45, 7) is 0. The van der Waals surface area contributed by atoms with E-state index in [1.54, 1.807) is 12.1 Å². The Bertz CT molecular complexity index is 1400. The molecule has 0 N–H and O–H groups in total. The molecule has 0 saturated heterocycles. The zero-order chi connectivity index (χ0) is 25.4. The molecule has 182 valence electrons. The van der Waals surface area contributed by atoms with Crippen molar-refractivity contribution in [3.63, 3.8) is 0 Å². The fourth-order valence-corrected chi connectivity index (χ4v) is 5.28. The second-order valence-electron chi connectivity index (χ2n) is 8.77. The highest BCUT2D eigenvalue weighted by molar-refractivity contribution is 6.32. The van der Waals surface area contributed by atoms with E-state index in [1.807, 2.05) is 36.4 Å². The van der Waals surface area contributed by atoms with Gasteiger partial charge >= 0.3 is 0 Å². The van der Waals surface area contributed by atoms with Crippen molar-refractivity contribution in [3.8, 4) is 0 Å². The van der Waals surface area contributed by atoms with Crippen molar-refractivity contribution in [2.75, 3.05) is 0 Å². The van der Waals surface area contributed by atoms with Gasteiger partial charge in [0.25, 0.3) is 11.6 Å². The molecule has 1 amide bonds. The minimum atomic E-state index is -0.599. The number of hydrazone groups is 1. The van der Waals surface area contributed by atoms with E-state index in [9.17, 15) is 14.9 Å². The summed E-state index contributed by atoms with van der Waals surface area (Å²) >= 11 is 18.2. The van der Waals surface area contributed by atoms with E-state index >= 15 is 0 Å². The minimum absolute atomic E-state index is 0.0234. The van der Waals surface area contributed by atoms with Gasteiger partial charge in [-0.1, -0.05) is 59.1 Å². The van der Waals surface area contributed by atoms with E-state index < -0.39 is 10.8 Å². The summed E-state index contributed by atoms with van der Waals surface area (Å²) in [5, 5.41) is 18.9. The van der Waals surface area contributed by atoms with Gasteiger partial charge in [-0.25, -0.2) is 5.01 Å². The fourth-order valence-electron chi connectivity index (χ4n) is 4.84. The smallest absolute Gasteiger partial charge is 0.267 e. The SMILES string of the molecule is O=C(c1ccc(Cl)c([N+](=O)[O-])c1)N1N=C2/C(=C\c3ccc(Cl)cc3)CCC[C@@H]2[C@H]1c1ccc(Cl)cc1. The van der Waals surface area contributed by atoms with Crippen LogP contribution in [0.15, 0.2) is 77.4 Å². The van der Waals surface area contributed by atoms with Gasteiger partial charge in [0.2, 0.25) is 0 Å². The van der Waals surface area contributed by atoms with Crippen LogP contribution in [0, 0.1) is 16.0 Å². The highest BCUT2D eigenvalue weighted by Gasteiger charge is 2.44. The second-order valence-corrected chi connectivity index (χ2v) is 10.1. The van der Waals surface area contributed by atoms with E-state index in [0.717, 1.165) is 41.7 Å². The van der Waals surface area contributed by atoms with Crippen LogP contribution >= 0.6 is 34.8 Å². The van der Waals surface area contributed by atoms with Crippen molar-refractivity contribution < 1.29 is 9.72 Å². The topological polar surface area (TPSA) is 75.8 Å². The molecule has 0 aromatic heterocycles. The fraction of sp³-hybridized carbons (Fsp3) is 0.185. The molecule has 1 aliphatic heterocycles. The van der Waals surface area contributed by atoms with Crippen LogP contribution in [0.5, 0.6) is 0 Å². The number of nitrogens with zero attached hydrogens (tertiary/aromatic N) is 3. The van der Waals surface area contributed by atoms with Gasteiger partial charge in [0.15, 0.2) is 0 Å². The number of carbonyl (C=O) groups excluding carboxylic acids is 1. The Labute approximate surface area is 222 Å². The first kappa shape index (κ1) is 24.5.